The topological polar surface area (TPSA) is 68.5 Å². The first-order valence-corrected chi connectivity index (χ1v) is 7.24. The minimum absolute atomic E-state index is 0.100. The number of anilines is 1. The fourth-order valence-corrected chi connectivity index (χ4v) is 2.60. The van der Waals surface area contributed by atoms with Gasteiger partial charge in [0.1, 0.15) is 0 Å². The lowest BCUT2D eigenvalue weighted by Crippen LogP contribution is -2.05. The molecule has 1 N–H and O–H groups in total. The molecule has 1 amide bonds. The summed E-state index contributed by atoms with van der Waals surface area (Å²) < 4.78 is 9.79. The van der Waals surface area contributed by atoms with Crippen molar-refractivity contribution in [3.63, 3.8) is 0 Å². The molecule has 5 nitrogen and oxygen atoms in total. The third-order valence-corrected chi connectivity index (χ3v) is 3.75. The first-order valence-electron chi connectivity index (χ1n) is 6.25. The van der Waals surface area contributed by atoms with Gasteiger partial charge in [-0.1, -0.05) is 0 Å². The molecule has 110 valence electrons. The molecule has 1 aromatic carbocycles. The lowest BCUT2D eigenvalue weighted by Gasteiger charge is -2.04. The summed E-state index contributed by atoms with van der Waals surface area (Å²) in [4.78, 5) is 23.5. The van der Waals surface area contributed by atoms with E-state index < -0.39 is 5.97 Å². The van der Waals surface area contributed by atoms with Crippen LogP contribution in [0.2, 0.25) is 0 Å². The number of nitrogens with one attached hydrogen (secondary N) is 1. The molecule has 0 aliphatic carbocycles. The maximum absolute atomic E-state index is 11.5. The third kappa shape index (κ3) is 4.13. The van der Waals surface area contributed by atoms with Crippen molar-refractivity contribution in [3.05, 3.63) is 47.9 Å². The molecule has 2 aromatic rings. The zero-order valence-corrected chi connectivity index (χ0v) is 12.5. The Morgan fingerprint density at radius 3 is 2.57 bits per heavy atom. The molecule has 1 aromatic heterocycles. The number of furan rings is 1. The Balaban J connectivity index is 1.98. The number of methoxy groups -OCH3 is 1. The van der Waals surface area contributed by atoms with E-state index in [1.165, 1.54) is 20.3 Å². The summed E-state index contributed by atoms with van der Waals surface area (Å²) in [6.07, 6.45) is 1.47. The monoisotopic (exact) mass is 305 g/mol. The van der Waals surface area contributed by atoms with Crippen molar-refractivity contribution in [2.75, 3.05) is 12.4 Å². The summed E-state index contributed by atoms with van der Waals surface area (Å²) in [5.41, 5.74) is 1.54. The Morgan fingerprint density at radius 2 is 1.95 bits per heavy atom. The largest absolute Gasteiger partial charge is 0.463 e. The zero-order valence-electron chi connectivity index (χ0n) is 11.7. The number of hydrogen-bond donors (Lipinski definition) is 1. The van der Waals surface area contributed by atoms with Crippen LogP contribution in [0.15, 0.2) is 45.9 Å². The minimum Gasteiger partial charge on any atom is -0.463 e. The molecule has 0 spiro atoms. The van der Waals surface area contributed by atoms with Crippen molar-refractivity contribution >= 4 is 29.3 Å². The molecule has 0 bridgehead atoms. The highest BCUT2D eigenvalue weighted by atomic mass is 32.2. The van der Waals surface area contributed by atoms with E-state index >= 15 is 0 Å². The van der Waals surface area contributed by atoms with Gasteiger partial charge in [0.25, 0.3) is 0 Å². The lowest BCUT2D eigenvalue weighted by molar-refractivity contribution is -0.114. The van der Waals surface area contributed by atoms with E-state index in [-0.39, 0.29) is 11.7 Å². The second-order valence-corrected chi connectivity index (χ2v) is 5.31. The van der Waals surface area contributed by atoms with Crippen LogP contribution in [0.1, 0.15) is 23.0 Å². The van der Waals surface area contributed by atoms with Crippen LogP contribution in [0.3, 0.4) is 0 Å². The van der Waals surface area contributed by atoms with Crippen LogP contribution in [-0.4, -0.2) is 19.0 Å². The van der Waals surface area contributed by atoms with Gasteiger partial charge >= 0.3 is 5.97 Å². The van der Waals surface area contributed by atoms with Crippen LogP contribution in [-0.2, 0) is 15.3 Å². The second kappa shape index (κ2) is 6.99. The van der Waals surface area contributed by atoms with Crippen LogP contribution >= 0.6 is 11.8 Å². The number of amides is 1. The van der Waals surface area contributed by atoms with Gasteiger partial charge in [-0.15, -0.1) is 11.8 Å². The van der Waals surface area contributed by atoms with Crippen molar-refractivity contribution in [1.82, 2.24) is 0 Å². The number of carbonyl (C=O) groups excluding carboxylic acids is 2. The molecule has 2 rings (SSSR count). The molecule has 0 aliphatic heterocycles. The highest BCUT2D eigenvalue weighted by Gasteiger charge is 2.15. The van der Waals surface area contributed by atoms with Crippen LogP contribution in [0.5, 0.6) is 0 Å². The van der Waals surface area contributed by atoms with E-state index in [4.69, 9.17) is 4.42 Å². The smallest absolute Gasteiger partial charge is 0.374 e. The predicted octanol–water partition coefficient (Wildman–Crippen LogP) is 3.32. The van der Waals surface area contributed by atoms with E-state index in [0.717, 1.165) is 16.1 Å². The highest BCUT2D eigenvalue weighted by molar-refractivity contribution is 7.98. The van der Waals surface area contributed by atoms with E-state index in [9.17, 15) is 9.59 Å². The highest BCUT2D eigenvalue weighted by Crippen LogP contribution is 2.26. The molecule has 21 heavy (non-hydrogen) atoms. The van der Waals surface area contributed by atoms with Crippen molar-refractivity contribution in [3.8, 4) is 0 Å². The maximum atomic E-state index is 11.5. The lowest BCUT2D eigenvalue weighted by atomic mass is 10.3. The van der Waals surface area contributed by atoms with Gasteiger partial charge in [-0.2, -0.15) is 0 Å². The van der Waals surface area contributed by atoms with Gasteiger partial charge < -0.3 is 14.5 Å². The van der Waals surface area contributed by atoms with Crippen molar-refractivity contribution in [2.45, 2.75) is 17.6 Å². The van der Waals surface area contributed by atoms with E-state index in [2.05, 4.69) is 10.1 Å². The Kier molecular flexibility index (Phi) is 5.05. The molecule has 6 heteroatoms. The molecule has 0 saturated heterocycles. The van der Waals surface area contributed by atoms with Gasteiger partial charge in [0.2, 0.25) is 11.7 Å². The number of carbonyl (C=O) groups is 2. The third-order valence-electron chi connectivity index (χ3n) is 2.69. The van der Waals surface area contributed by atoms with Gasteiger partial charge in [0, 0.05) is 28.8 Å². The maximum Gasteiger partial charge on any atom is 0.374 e. The van der Waals surface area contributed by atoms with Crippen molar-refractivity contribution in [1.29, 1.82) is 0 Å². The quantitative estimate of drug-likeness (QED) is 0.678. The van der Waals surface area contributed by atoms with E-state index in [1.54, 1.807) is 17.8 Å². The molecular weight excluding hydrogens is 290 g/mol. The number of esters is 1. The summed E-state index contributed by atoms with van der Waals surface area (Å²) in [6, 6.07) is 9.24. The summed E-state index contributed by atoms with van der Waals surface area (Å²) in [6.45, 7) is 1.47. The Hall–Kier alpha value is -2.21. The van der Waals surface area contributed by atoms with Gasteiger partial charge in [0.05, 0.1) is 13.4 Å². The van der Waals surface area contributed by atoms with E-state index in [1.807, 2.05) is 24.3 Å². The molecule has 1 heterocycles. The standard InChI is InChI=1S/C15H15NO4S/c1-10(17)16-12-3-5-13(6-4-12)21-9-11-7-8-20-14(11)15(18)19-2/h3-8H,9H2,1-2H3,(H,16,17). The molecule has 0 radical (unpaired) electrons. The SMILES string of the molecule is COC(=O)c1occc1CSc1ccc(NC(C)=O)cc1. The number of thioether (sulfide) groups is 1. The molecule has 0 aliphatic rings. The van der Waals surface area contributed by atoms with Crippen LogP contribution in [0.4, 0.5) is 5.69 Å². The first kappa shape index (κ1) is 15.2. The molecular formula is C15H15NO4S. The van der Waals surface area contributed by atoms with Crippen molar-refractivity contribution in [2.24, 2.45) is 0 Å². The van der Waals surface area contributed by atoms with Gasteiger partial charge in [-0.25, -0.2) is 4.79 Å². The fourth-order valence-electron chi connectivity index (χ4n) is 1.72. The normalized spacial score (nSPS) is 10.2. The predicted molar refractivity (Wildman–Crippen MR) is 80.4 cm³/mol. The Labute approximate surface area is 126 Å². The average molecular weight is 305 g/mol. The Morgan fingerprint density at radius 1 is 1.24 bits per heavy atom. The minimum atomic E-state index is -0.475. The molecule has 0 atom stereocenters. The molecule has 0 fully saturated rings. The number of ether oxygens (including phenoxy) is 1. The van der Waals surface area contributed by atoms with Crippen LogP contribution in [0, 0.1) is 0 Å². The summed E-state index contributed by atoms with van der Waals surface area (Å²) >= 11 is 1.57. The van der Waals surface area contributed by atoms with Crippen molar-refractivity contribution < 1.29 is 18.7 Å². The first-order chi connectivity index (χ1) is 10.1. The van der Waals surface area contributed by atoms with E-state index in [0.29, 0.717) is 5.75 Å². The van der Waals surface area contributed by atoms with Crippen LogP contribution < -0.4 is 5.32 Å². The number of benzene rings is 1. The second-order valence-electron chi connectivity index (χ2n) is 4.26. The number of rotatable bonds is 5. The molecule has 0 saturated carbocycles. The summed E-state index contributed by atoms with van der Waals surface area (Å²) in [5.74, 6) is 0.258. The summed E-state index contributed by atoms with van der Waals surface area (Å²) in [5, 5.41) is 2.71. The van der Waals surface area contributed by atoms with Gasteiger partial charge in [-0.3, -0.25) is 4.79 Å². The molecule has 0 unspecified atom stereocenters. The Bertz CT molecular complexity index is 633. The summed E-state index contributed by atoms with van der Waals surface area (Å²) in [7, 11) is 1.32. The van der Waals surface area contributed by atoms with Gasteiger partial charge in [-0.05, 0) is 30.3 Å². The zero-order chi connectivity index (χ0) is 15.2. The fraction of sp³-hybridized carbons (Fsp3) is 0.200. The average Bonchev–Trinajstić information content (AvgIpc) is 2.93. The van der Waals surface area contributed by atoms with Gasteiger partial charge in [0.15, 0.2) is 0 Å². The van der Waals surface area contributed by atoms with Crippen LogP contribution in [0.25, 0.3) is 0 Å². The number of hydrogen-bond acceptors (Lipinski definition) is 5.